The van der Waals surface area contributed by atoms with E-state index in [2.05, 4.69) is 4.99 Å². The predicted molar refractivity (Wildman–Crippen MR) is 93.4 cm³/mol. The smallest absolute Gasteiger partial charge is 0.227 e. The zero-order valence-corrected chi connectivity index (χ0v) is 13.7. The lowest BCUT2D eigenvalue weighted by molar-refractivity contribution is -0.117. The Kier molecular flexibility index (Phi) is 4.55. The number of hydrogen-bond donors (Lipinski definition) is 1. The Morgan fingerprint density at radius 3 is 2.78 bits per heavy atom. The highest BCUT2D eigenvalue weighted by Crippen LogP contribution is 2.31. The summed E-state index contributed by atoms with van der Waals surface area (Å²) in [6.07, 6.45) is 2.96. The molecule has 1 heterocycles. The van der Waals surface area contributed by atoms with Crippen LogP contribution in [0.2, 0.25) is 10.0 Å². The summed E-state index contributed by atoms with van der Waals surface area (Å²) >= 11 is 11.8. The maximum atomic E-state index is 11.8. The maximum Gasteiger partial charge on any atom is 0.227 e. The third kappa shape index (κ3) is 3.49. The van der Waals surface area contributed by atoms with E-state index in [9.17, 15) is 9.90 Å². The lowest BCUT2D eigenvalue weighted by Gasteiger charge is -2.15. The molecule has 1 N–H and O–H groups in total. The zero-order valence-electron chi connectivity index (χ0n) is 12.2. The number of carbonyl (C=O) groups excluding carboxylic acids is 1. The van der Waals surface area contributed by atoms with Crippen molar-refractivity contribution in [2.45, 2.75) is 12.8 Å². The number of aromatic hydroxyl groups is 1. The number of phenols is 1. The first kappa shape index (κ1) is 15.8. The van der Waals surface area contributed by atoms with Gasteiger partial charge in [-0.3, -0.25) is 9.79 Å². The molecule has 0 radical (unpaired) electrons. The standard InChI is InChI=1S/C17H14Cl2N2O2/c18-12-7-11(17(23)15(19)8-12)10-20-13-3-1-4-14(9-13)21-6-2-5-16(21)22/h1,3-4,7-10,23H,2,5-6H2. The molecule has 1 aliphatic heterocycles. The van der Waals surface area contributed by atoms with Crippen LogP contribution in [0.25, 0.3) is 0 Å². The Balaban J connectivity index is 1.87. The average molecular weight is 349 g/mol. The summed E-state index contributed by atoms with van der Waals surface area (Å²) in [4.78, 5) is 17.9. The van der Waals surface area contributed by atoms with Gasteiger partial charge in [-0.1, -0.05) is 29.3 Å². The van der Waals surface area contributed by atoms with Gasteiger partial charge in [-0.15, -0.1) is 0 Å². The van der Waals surface area contributed by atoms with E-state index < -0.39 is 0 Å². The summed E-state index contributed by atoms with van der Waals surface area (Å²) in [5, 5.41) is 10.5. The van der Waals surface area contributed by atoms with E-state index in [1.54, 1.807) is 11.0 Å². The molecule has 23 heavy (non-hydrogen) atoms. The maximum absolute atomic E-state index is 11.8. The van der Waals surface area contributed by atoms with Crippen molar-refractivity contribution in [1.29, 1.82) is 0 Å². The largest absolute Gasteiger partial charge is 0.506 e. The second-order valence-electron chi connectivity index (χ2n) is 5.25. The number of phenolic OH excluding ortho intramolecular Hbond substituents is 1. The quantitative estimate of drug-likeness (QED) is 0.825. The van der Waals surface area contributed by atoms with Gasteiger partial charge < -0.3 is 10.0 Å². The predicted octanol–water partition coefficient (Wildman–Crippen LogP) is 4.58. The molecule has 1 amide bonds. The molecule has 0 bridgehead atoms. The molecule has 6 heteroatoms. The van der Waals surface area contributed by atoms with Crippen molar-refractivity contribution in [3.05, 3.63) is 52.0 Å². The van der Waals surface area contributed by atoms with E-state index in [-0.39, 0.29) is 16.7 Å². The number of carbonyl (C=O) groups is 1. The first-order chi connectivity index (χ1) is 11.0. The van der Waals surface area contributed by atoms with Crippen LogP contribution in [0.3, 0.4) is 0 Å². The van der Waals surface area contributed by atoms with Crippen LogP contribution in [-0.2, 0) is 4.79 Å². The van der Waals surface area contributed by atoms with Crippen LogP contribution >= 0.6 is 23.2 Å². The number of benzene rings is 2. The molecule has 0 aromatic heterocycles. The van der Waals surface area contributed by atoms with Crippen LogP contribution in [0.15, 0.2) is 41.4 Å². The van der Waals surface area contributed by atoms with Crippen LogP contribution in [0.5, 0.6) is 5.75 Å². The highest BCUT2D eigenvalue weighted by atomic mass is 35.5. The van der Waals surface area contributed by atoms with Crippen molar-refractivity contribution in [3.63, 3.8) is 0 Å². The minimum absolute atomic E-state index is 0.0642. The Morgan fingerprint density at radius 2 is 2.04 bits per heavy atom. The summed E-state index contributed by atoms with van der Waals surface area (Å²) in [6.45, 7) is 0.733. The normalized spacial score (nSPS) is 14.9. The Hall–Kier alpha value is -2.04. The van der Waals surface area contributed by atoms with Gasteiger partial charge in [0.2, 0.25) is 5.91 Å². The van der Waals surface area contributed by atoms with Gasteiger partial charge in [-0.25, -0.2) is 0 Å². The first-order valence-electron chi connectivity index (χ1n) is 7.17. The minimum Gasteiger partial charge on any atom is -0.506 e. The molecule has 0 unspecified atom stereocenters. The third-order valence-electron chi connectivity index (χ3n) is 3.63. The molecule has 4 nitrogen and oxygen atoms in total. The van der Waals surface area contributed by atoms with Gasteiger partial charge in [0.25, 0.3) is 0 Å². The van der Waals surface area contributed by atoms with Crippen LogP contribution in [0, 0.1) is 0 Å². The van der Waals surface area contributed by atoms with Crippen molar-refractivity contribution in [2.75, 3.05) is 11.4 Å². The topological polar surface area (TPSA) is 52.9 Å². The van der Waals surface area contributed by atoms with Crippen LogP contribution in [0.4, 0.5) is 11.4 Å². The van der Waals surface area contributed by atoms with Crippen molar-refractivity contribution in [3.8, 4) is 5.75 Å². The summed E-state index contributed by atoms with van der Waals surface area (Å²) in [5.41, 5.74) is 1.94. The molecule has 1 aliphatic rings. The molecule has 0 spiro atoms. The first-order valence-corrected chi connectivity index (χ1v) is 7.93. The van der Waals surface area contributed by atoms with E-state index in [1.165, 1.54) is 12.3 Å². The lowest BCUT2D eigenvalue weighted by Crippen LogP contribution is -2.23. The highest BCUT2D eigenvalue weighted by Gasteiger charge is 2.21. The molecule has 1 saturated heterocycles. The van der Waals surface area contributed by atoms with Gasteiger partial charge in [0.05, 0.1) is 10.7 Å². The second kappa shape index (κ2) is 6.60. The number of hydrogen-bond acceptors (Lipinski definition) is 3. The molecule has 118 valence electrons. The van der Waals surface area contributed by atoms with E-state index in [0.29, 0.717) is 22.7 Å². The number of amides is 1. The fourth-order valence-electron chi connectivity index (χ4n) is 2.49. The lowest BCUT2D eigenvalue weighted by atomic mass is 10.2. The summed E-state index contributed by atoms with van der Waals surface area (Å²) in [6, 6.07) is 10.4. The molecule has 0 saturated carbocycles. The van der Waals surface area contributed by atoms with Gasteiger partial charge in [-0.05, 0) is 36.8 Å². The monoisotopic (exact) mass is 348 g/mol. The van der Waals surface area contributed by atoms with Crippen molar-refractivity contribution in [1.82, 2.24) is 0 Å². The number of aliphatic imine (C=N–C) groups is 1. The second-order valence-corrected chi connectivity index (χ2v) is 6.10. The fourth-order valence-corrected chi connectivity index (χ4v) is 3.00. The van der Waals surface area contributed by atoms with Crippen LogP contribution < -0.4 is 4.90 Å². The average Bonchev–Trinajstić information content (AvgIpc) is 2.96. The molecule has 2 aromatic carbocycles. The number of rotatable bonds is 3. The highest BCUT2D eigenvalue weighted by molar-refractivity contribution is 6.36. The van der Waals surface area contributed by atoms with Gasteiger partial charge in [-0.2, -0.15) is 0 Å². The van der Waals surface area contributed by atoms with E-state index >= 15 is 0 Å². The number of halogens is 2. The molecular formula is C17H14Cl2N2O2. The van der Waals surface area contributed by atoms with Gasteiger partial charge in [0.1, 0.15) is 5.75 Å². The van der Waals surface area contributed by atoms with Crippen LogP contribution in [0.1, 0.15) is 18.4 Å². The fraction of sp³-hybridized carbons (Fsp3) is 0.176. The van der Waals surface area contributed by atoms with Crippen LogP contribution in [-0.4, -0.2) is 23.8 Å². The number of anilines is 1. The molecule has 1 fully saturated rings. The molecule has 0 atom stereocenters. The van der Waals surface area contributed by atoms with Gasteiger partial charge in [0.15, 0.2) is 0 Å². The molecule has 2 aromatic rings. The Labute approximate surface area is 144 Å². The molecular weight excluding hydrogens is 335 g/mol. The zero-order chi connectivity index (χ0) is 16.4. The van der Waals surface area contributed by atoms with E-state index in [0.717, 1.165) is 18.7 Å². The van der Waals surface area contributed by atoms with Crippen molar-refractivity contribution >= 4 is 46.7 Å². The third-order valence-corrected chi connectivity index (χ3v) is 4.13. The summed E-state index contributed by atoms with van der Waals surface area (Å²) in [7, 11) is 0. The molecule has 0 aliphatic carbocycles. The van der Waals surface area contributed by atoms with Crippen molar-refractivity contribution < 1.29 is 9.90 Å². The molecule has 3 rings (SSSR count). The van der Waals surface area contributed by atoms with E-state index in [1.807, 2.05) is 24.3 Å². The minimum atomic E-state index is -0.0642. The van der Waals surface area contributed by atoms with E-state index in [4.69, 9.17) is 23.2 Å². The number of nitrogens with zero attached hydrogens (tertiary/aromatic N) is 2. The van der Waals surface area contributed by atoms with Crippen molar-refractivity contribution in [2.24, 2.45) is 4.99 Å². The summed E-state index contributed by atoms with van der Waals surface area (Å²) < 4.78 is 0. The Bertz CT molecular complexity index is 790. The summed E-state index contributed by atoms with van der Waals surface area (Å²) in [5.74, 6) is 0.0658. The SMILES string of the molecule is O=C1CCCN1c1cccc(N=Cc2cc(Cl)cc(Cl)c2O)c1. The van der Waals surface area contributed by atoms with Gasteiger partial charge in [0, 0.05) is 35.5 Å². The Morgan fingerprint density at radius 1 is 1.22 bits per heavy atom. The van der Waals surface area contributed by atoms with Gasteiger partial charge >= 0.3 is 0 Å².